The van der Waals surface area contributed by atoms with Gasteiger partial charge >= 0.3 is 0 Å². The van der Waals surface area contributed by atoms with Crippen LogP contribution in [0.5, 0.6) is 0 Å². The number of unbranched alkanes of at least 4 members (excludes halogenated alkanes) is 1. The molecule has 1 rings (SSSR count). The number of rotatable bonds is 7. The smallest absolute Gasteiger partial charge is 0.0896 e. The van der Waals surface area contributed by atoms with Gasteiger partial charge in [0.2, 0.25) is 0 Å². The Morgan fingerprint density at radius 1 is 1.50 bits per heavy atom. The van der Waals surface area contributed by atoms with E-state index in [0.29, 0.717) is 12.6 Å². The summed E-state index contributed by atoms with van der Waals surface area (Å²) < 4.78 is 8.74. The van der Waals surface area contributed by atoms with Crippen LogP contribution in [0.3, 0.4) is 0 Å². The van der Waals surface area contributed by atoms with Gasteiger partial charge in [0.25, 0.3) is 0 Å². The largest absolute Gasteiger partial charge is 0.375 e. The number of hydrogen-bond donors (Lipinski definition) is 0. The number of nitrogens with zero attached hydrogens (tertiary/aromatic N) is 2. The molecule has 0 bridgehead atoms. The fourth-order valence-electron chi connectivity index (χ4n) is 1.47. The lowest BCUT2D eigenvalue weighted by molar-refractivity contribution is 0.110. The zero-order valence-corrected chi connectivity index (χ0v) is 12.0. The molecule has 0 unspecified atom stereocenters. The second-order valence-corrected chi connectivity index (χ2v) is 4.90. The molecule has 0 fully saturated rings. The molecule has 16 heavy (non-hydrogen) atoms. The molecule has 4 heteroatoms. The first-order chi connectivity index (χ1) is 7.70. The van der Waals surface area contributed by atoms with E-state index in [1.54, 1.807) is 0 Å². The van der Waals surface area contributed by atoms with Gasteiger partial charge in [0, 0.05) is 12.6 Å². The molecule has 0 amide bonds. The summed E-state index contributed by atoms with van der Waals surface area (Å²) in [6.45, 7) is 7.99. The molecule has 0 aliphatic heterocycles. The van der Waals surface area contributed by atoms with Gasteiger partial charge in [-0.1, -0.05) is 20.3 Å². The zero-order chi connectivity index (χ0) is 12.0. The maximum atomic E-state index is 5.64. The fraction of sp³-hybridized carbons (Fsp3) is 0.750. The van der Waals surface area contributed by atoms with E-state index in [2.05, 4.69) is 46.5 Å². The summed E-state index contributed by atoms with van der Waals surface area (Å²) in [5, 5.41) is 4.38. The molecular formula is C12H21BrN2O. The molecule has 0 aliphatic rings. The minimum absolute atomic E-state index is 0.427. The predicted octanol–water partition coefficient (Wildman–Crippen LogP) is 3.93. The minimum atomic E-state index is 0.427. The van der Waals surface area contributed by atoms with Crippen molar-refractivity contribution in [1.29, 1.82) is 0 Å². The Hall–Kier alpha value is -0.350. The first-order valence-electron chi connectivity index (χ1n) is 6.00. The van der Waals surface area contributed by atoms with E-state index in [1.165, 1.54) is 6.42 Å². The van der Waals surface area contributed by atoms with Crippen LogP contribution >= 0.6 is 15.9 Å². The van der Waals surface area contributed by atoms with Gasteiger partial charge in [0.15, 0.2) is 0 Å². The van der Waals surface area contributed by atoms with Gasteiger partial charge in [0.05, 0.1) is 23.0 Å². The molecule has 0 N–H and O–H groups in total. The Morgan fingerprint density at radius 3 is 2.88 bits per heavy atom. The van der Waals surface area contributed by atoms with E-state index in [9.17, 15) is 0 Å². The molecule has 3 nitrogen and oxygen atoms in total. The van der Waals surface area contributed by atoms with Crippen molar-refractivity contribution in [2.75, 3.05) is 6.61 Å². The van der Waals surface area contributed by atoms with E-state index in [0.717, 1.165) is 29.6 Å². The van der Waals surface area contributed by atoms with Gasteiger partial charge in [-0.3, -0.25) is 4.68 Å². The monoisotopic (exact) mass is 288 g/mol. The maximum Gasteiger partial charge on any atom is 0.0896 e. The highest BCUT2D eigenvalue weighted by molar-refractivity contribution is 9.10. The SMILES string of the molecule is CCCCOCc1c(Br)cnn1[C@H](C)CC. The molecule has 0 spiro atoms. The van der Waals surface area contributed by atoms with Crippen molar-refractivity contribution in [3.63, 3.8) is 0 Å². The lowest BCUT2D eigenvalue weighted by Crippen LogP contribution is -2.11. The zero-order valence-electron chi connectivity index (χ0n) is 10.4. The van der Waals surface area contributed by atoms with Gasteiger partial charge < -0.3 is 4.74 Å². The normalized spacial score (nSPS) is 13.0. The highest BCUT2D eigenvalue weighted by atomic mass is 79.9. The number of halogens is 1. The minimum Gasteiger partial charge on any atom is -0.375 e. The van der Waals surface area contributed by atoms with Gasteiger partial charge in [-0.2, -0.15) is 5.10 Å². The van der Waals surface area contributed by atoms with E-state index in [-0.39, 0.29) is 0 Å². The van der Waals surface area contributed by atoms with Crippen LogP contribution in [0.2, 0.25) is 0 Å². The maximum absolute atomic E-state index is 5.64. The van der Waals surface area contributed by atoms with Crippen molar-refractivity contribution in [2.45, 2.75) is 52.7 Å². The van der Waals surface area contributed by atoms with Crippen LogP contribution in [-0.4, -0.2) is 16.4 Å². The lowest BCUT2D eigenvalue weighted by Gasteiger charge is -2.14. The van der Waals surface area contributed by atoms with Crippen molar-refractivity contribution in [3.8, 4) is 0 Å². The summed E-state index contributed by atoms with van der Waals surface area (Å²) in [5.41, 5.74) is 1.14. The second kappa shape index (κ2) is 7.07. The standard InChI is InChI=1S/C12H21BrN2O/c1-4-6-7-16-9-12-11(13)8-14-15(12)10(3)5-2/h8,10H,4-7,9H2,1-3H3/t10-/m1/s1. The Balaban J connectivity index is 2.59. The first kappa shape index (κ1) is 13.7. The molecule has 0 radical (unpaired) electrons. The summed E-state index contributed by atoms with van der Waals surface area (Å²) in [5.74, 6) is 0. The van der Waals surface area contributed by atoms with Crippen LogP contribution in [0.1, 0.15) is 51.8 Å². The van der Waals surface area contributed by atoms with E-state index in [4.69, 9.17) is 4.74 Å². The molecule has 0 aromatic carbocycles. The number of hydrogen-bond acceptors (Lipinski definition) is 2. The molecule has 1 atom stereocenters. The third-order valence-electron chi connectivity index (χ3n) is 2.74. The Labute approximate surface area is 106 Å². The quantitative estimate of drug-likeness (QED) is 0.711. The van der Waals surface area contributed by atoms with Gasteiger partial charge in [-0.05, 0) is 35.7 Å². The first-order valence-corrected chi connectivity index (χ1v) is 6.79. The molecule has 0 aliphatic carbocycles. The van der Waals surface area contributed by atoms with Crippen LogP contribution in [0.25, 0.3) is 0 Å². The third kappa shape index (κ3) is 3.59. The molecule has 0 saturated carbocycles. The van der Waals surface area contributed by atoms with Crippen molar-refractivity contribution in [2.24, 2.45) is 0 Å². The van der Waals surface area contributed by atoms with Crippen LogP contribution in [0, 0.1) is 0 Å². The molecule has 92 valence electrons. The van der Waals surface area contributed by atoms with E-state index in [1.807, 2.05) is 6.20 Å². The van der Waals surface area contributed by atoms with Crippen LogP contribution in [-0.2, 0) is 11.3 Å². The highest BCUT2D eigenvalue weighted by Gasteiger charge is 2.12. The molecule has 1 aromatic heterocycles. The summed E-state index contributed by atoms with van der Waals surface area (Å²) >= 11 is 3.52. The average Bonchev–Trinajstić information content (AvgIpc) is 2.65. The van der Waals surface area contributed by atoms with Crippen LogP contribution in [0.15, 0.2) is 10.7 Å². The molecular weight excluding hydrogens is 268 g/mol. The summed E-state index contributed by atoms with van der Waals surface area (Å²) in [6, 6.07) is 0.427. The van der Waals surface area contributed by atoms with Crippen molar-refractivity contribution < 1.29 is 4.74 Å². The van der Waals surface area contributed by atoms with Crippen molar-refractivity contribution in [1.82, 2.24) is 9.78 Å². The Bertz CT molecular complexity index is 312. The summed E-state index contributed by atoms with van der Waals surface area (Å²) in [6.07, 6.45) is 5.22. The molecule has 1 aromatic rings. The average molecular weight is 289 g/mol. The Kier molecular flexibility index (Phi) is 6.06. The van der Waals surface area contributed by atoms with E-state index < -0.39 is 0 Å². The van der Waals surface area contributed by atoms with E-state index >= 15 is 0 Å². The molecule has 1 heterocycles. The summed E-state index contributed by atoms with van der Waals surface area (Å²) in [7, 11) is 0. The number of aromatic nitrogens is 2. The fourth-order valence-corrected chi connectivity index (χ4v) is 1.86. The topological polar surface area (TPSA) is 27.1 Å². The van der Waals surface area contributed by atoms with Gasteiger partial charge in [-0.15, -0.1) is 0 Å². The Morgan fingerprint density at radius 2 is 2.25 bits per heavy atom. The van der Waals surface area contributed by atoms with Crippen LogP contribution in [0.4, 0.5) is 0 Å². The van der Waals surface area contributed by atoms with Crippen molar-refractivity contribution >= 4 is 15.9 Å². The lowest BCUT2D eigenvalue weighted by atomic mass is 10.2. The summed E-state index contributed by atoms with van der Waals surface area (Å²) in [4.78, 5) is 0. The highest BCUT2D eigenvalue weighted by Crippen LogP contribution is 2.21. The molecule has 0 saturated heterocycles. The van der Waals surface area contributed by atoms with Crippen LogP contribution < -0.4 is 0 Å². The second-order valence-electron chi connectivity index (χ2n) is 4.05. The van der Waals surface area contributed by atoms with Crippen molar-refractivity contribution in [3.05, 3.63) is 16.4 Å². The predicted molar refractivity (Wildman–Crippen MR) is 69.5 cm³/mol. The third-order valence-corrected chi connectivity index (χ3v) is 3.40. The van der Waals surface area contributed by atoms with Gasteiger partial charge in [0.1, 0.15) is 0 Å². The van der Waals surface area contributed by atoms with Gasteiger partial charge in [-0.25, -0.2) is 0 Å². The number of ether oxygens (including phenoxy) is 1.